The highest BCUT2D eigenvalue weighted by molar-refractivity contribution is 6.22. The number of nitrogens with zero attached hydrogens (tertiary/aromatic N) is 2. The van der Waals surface area contributed by atoms with E-state index in [-0.39, 0.29) is 30.0 Å². The number of hydrogen-bond acceptors (Lipinski definition) is 4. The van der Waals surface area contributed by atoms with Crippen LogP contribution in [0.3, 0.4) is 0 Å². The van der Waals surface area contributed by atoms with E-state index < -0.39 is 24.3 Å². The van der Waals surface area contributed by atoms with E-state index in [2.05, 4.69) is 4.74 Å². The van der Waals surface area contributed by atoms with Crippen LogP contribution in [0.5, 0.6) is 5.75 Å². The van der Waals surface area contributed by atoms with E-state index in [4.69, 9.17) is 0 Å². The smallest absolute Gasteiger partial charge is 0.387 e. The number of carbonyl (C=O) groups is 3. The van der Waals surface area contributed by atoms with Crippen LogP contribution in [0.25, 0.3) is 0 Å². The van der Waals surface area contributed by atoms with Crippen LogP contribution in [0, 0.1) is 0 Å². The van der Waals surface area contributed by atoms with Gasteiger partial charge in [-0.15, -0.1) is 0 Å². The normalized spacial score (nSPS) is 13.1. The highest BCUT2D eigenvalue weighted by Gasteiger charge is 2.36. The van der Waals surface area contributed by atoms with E-state index in [0.29, 0.717) is 5.56 Å². The van der Waals surface area contributed by atoms with Crippen LogP contribution in [0.15, 0.2) is 48.5 Å². The zero-order valence-electron chi connectivity index (χ0n) is 14.4. The number of rotatable bonds is 6. The van der Waals surface area contributed by atoms with Gasteiger partial charge < -0.3 is 9.64 Å². The Morgan fingerprint density at radius 2 is 1.59 bits per heavy atom. The van der Waals surface area contributed by atoms with E-state index in [0.717, 1.165) is 4.90 Å². The molecule has 0 spiro atoms. The van der Waals surface area contributed by atoms with E-state index in [1.54, 1.807) is 36.4 Å². The number of fused-ring (bicyclic) bond motifs is 1. The number of amides is 3. The van der Waals surface area contributed by atoms with E-state index in [1.807, 2.05) is 0 Å². The number of hydrogen-bond donors (Lipinski definition) is 0. The van der Waals surface area contributed by atoms with Crippen LogP contribution in [0.4, 0.5) is 8.78 Å². The first-order chi connectivity index (χ1) is 12.9. The second kappa shape index (κ2) is 7.53. The fourth-order valence-corrected chi connectivity index (χ4v) is 2.78. The number of carbonyl (C=O) groups excluding carboxylic acids is 3. The van der Waals surface area contributed by atoms with Crippen LogP contribution >= 0.6 is 0 Å². The zero-order valence-corrected chi connectivity index (χ0v) is 14.4. The first-order valence-corrected chi connectivity index (χ1v) is 8.09. The molecule has 0 aliphatic carbocycles. The molecule has 6 nitrogen and oxygen atoms in total. The third-order valence-electron chi connectivity index (χ3n) is 4.17. The molecular weight excluding hydrogens is 358 g/mol. The topological polar surface area (TPSA) is 66.9 Å². The van der Waals surface area contributed by atoms with Crippen molar-refractivity contribution in [1.29, 1.82) is 0 Å². The second-order valence-electron chi connectivity index (χ2n) is 6.01. The SMILES string of the molecule is CN(Cc1ccc(OC(F)F)cc1)C(=O)CN1C(=O)c2ccccc2C1=O. The molecule has 0 saturated carbocycles. The van der Waals surface area contributed by atoms with Crippen molar-refractivity contribution in [3.05, 3.63) is 65.2 Å². The maximum absolute atomic E-state index is 12.4. The third-order valence-corrected chi connectivity index (χ3v) is 4.17. The van der Waals surface area contributed by atoms with Gasteiger partial charge >= 0.3 is 6.61 Å². The second-order valence-corrected chi connectivity index (χ2v) is 6.01. The van der Waals surface area contributed by atoms with Crippen LogP contribution in [-0.2, 0) is 11.3 Å². The molecule has 1 aliphatic rings. The lowest BCUT2D eigenvalue weighted by Crippen LogP contribution is -2.40. The number of imide groups is 1. The molecule has 8 heteroatoms. The van der Waals surface area contributed by atoms with Crippen LogP contribution in [-0.4, -0.2) is 47.7 Å². The molecule has 0 bridgehead atoms. The molecule has 27 heavy (non-hydrogen) atoms. The number of likely N-dealkylation sites (N-methyl/N-ethyl adjacent to an activating group) is 1. The summed E-state index contributed by atoms with van der Waals surface area (Å²) in [5, 5.41) is 0. The molecule has 2 aromatic carbocycles. The number of benzene rings is 2. The summed E-state index contributed by atoms with van der Waals surface area (Å²) >= 11 is 0. The van der Waals surface area contributed by atoms with Crippen LogP contribution in [0.2, 0.25) is 0 Å². The van der Waals surface area contributed by atoms with Gasteiger partial charge in [0.2, 0.25) is 5.91 Å². The van der Waals surface area contributed by atoms with Crippen molar-refractivity contribution >= 4 is 17.7 Å². The lowest BCUT2D eigenvalue weighted by Gasteiger charge is -2.21. The first kappa shape index (κ1) is 18.5. The van der Waals surface area contributed by atoms with Crippen molar-refractivity contribution in [1.82, 2.24) is 9.80 Å². The fourth-order valence-electron chi connectivity index (χ4n) is 2.78. The van der Waals surface area contributed by atoms with E-state index in [1.165, 1.54) is 24.1 Å². The predicted molar refractivity (Wildman–Crippen MR) is 91.4 cm³/mol. The summed E-state index contributed by atoms with van der Waals surface area (Å²) in [6.07, 6.45) is 0. The Balaban J connectivity index is 1.62. The summed E-state index contributed by atoms with van der Waals surface area (Å²) in [6.45, 7) is -3.08. The van der Waals surface area contributed by atoms with Gasteiger partial charge in [-0.1, -0.05) is 24.3 Å². The Morgan fingerprint density at radius 1 is 1.04 bits per heavy atom. The van der Waals surface area contributed by atoms with E-state index in [9.17, 15) is 23.2 Å². The molecule has 1 aliphatic heterocycles. The van der Waals surface area contributed by atoms with Crippen LogP contribution < -0.4 is 4.74 Å². The summed E-state index contributed by atoms with van der Waals surface area (Å²) in [5.74, 6) is -1.39. The van der Waals surface area contributed by atoms with Gasteiger partial charge in [-0.05, 0) is 29.8 Å². The monoisotopic (exact) mass is 374 g/mol. The minimum atomic E-state index is -2.90. The zero-order chi connectivity index (χ0) is 19.6. The number of halogens is 2. The molecule has 140 valence electrons. The number of ether oxygens (including phenoxy) is 1. The molecule has 1 heterocycles. The van der Waals surface area contributed by atoms with Gasteiger partial charge in [-0.2, -0.15) is 8.78 Å². The predicted octanol–water partition coefficient (Wildman–Crippen LogP) is 2.54. The molecule has 0 aromatic heterocycles. The summed E-state index contributed by atoms with van der Waals surface area (Å²) < 4.78 is 28.6. The van der Waals surface area contributed by atoms with Gasteiger partial charge in [-0.25, -0.2) is 0 Å². The van der Waals surface area contributed by atoms with Crippen LogP contribution in [0.1, 0.15) is 26.3 Å². The minimum Gasteiger partial charge on any atom is -0.435 e. The van der Waals surface area contributed by atoms with Crippen molar-refractivity contribution in [2.75, 3.05) is 13.6 Å². The molecule has 0 saturated heterocycles. The van der Waals surface area contributed by atoms with Gasteiger partial charge in [0.15, 0.2) is 0 Å². The lowest BCUT2D eigenvalue weighted by molar-refractivity contribution is -0.130. The van der Waals surface area contributed by atoms with E-state index >= 15 is 0 Å². The molecular formula is C19H16F2N2O4. The van der Waals surface area contributed by atoms with Gasteiger partial charge in [0.05, 0.1) is 11.1 Å². The average molecular weight is 374 g/mol. The number of alkyl halides is 2. The van der Waals surface area contributed by atoms with Crippen molar-refractivity contribution in [3.8, 4) is 5.75 Å². The van der Waals surface area contributed by atoms with Crippen molar-refractivity contribution in [2.45, 2.75) is 13.2 Å². The van der Waals surface area contributed by atoms with Gasteiger partial charge in [0.25, 0.3) is 11.8 Å². The van der Waals surface area contributed by atoms with Gasteiger partial charge in [0.1, 0.15) is 12.3 Å². The lowest BCUT2D eigenvalue weighted by atomic mass is 10.1. The Hall–Kier alpha value is -3.29. The van der Waals surface area contributed by atoms with Crippen molar-refractivity contribution in [3.63, 3.8) is 0 Å². The Labute approximate surface area is 153 Å². The van der Waals surface area contributed by atoms with Gasteiger partial charge in [-0.3, -0.25) is 19.3 Å². The molecule has 0 N–H and O–H groups in total. The van der Waals surface area contributed by atoms with Crippen molar-refractivity contribution in [2.24, 2.45) is 0 Å². The quantitative estimate of drug-likeness (QED) is 0.729. The average Bonchev–Trinajstić information content (AvgIpc) is 2.88. The van der Waals surface area contributed by atoms with Gasteiger partial charge in [0, 0.05) is 13.6 Å². The molecule has 0 radical (unpaired) electrons. The highest BCUT2D eigenvalue weighted by Crippen LogP contribution is 2.22. The summed E-state index contributed by atoms with van der Waals surface area (Å²) in [5.41, 5.74) is 1.26. The molecule has 0 atom stereocenters. The maximum Gasteiger partial charge on any atom is 0.387 e. The minimum absolute atomic E-state index is 0.0220. The van der Waals surface area contributed by atoms with Crippen molar-refractivity contribution < 1.29 is 27.9 Å². The largest absolute Gasteiger partial charge is 0.435 e. The molecule has 0 unspecified atom stereocenters. The third kappa shape index (κ3) is 3.94. The Bertz CT molecular complexity index is 849. The Kier molecular flexibility index (Phi) is 5.16. The summed E-state index contributed by atoms with van der Waals surface area (Å²) in [6, 6.07) is 12.3. The summed E-state index contributed by atoms with van der Waals surface area (Å²) in [7, 11) is 1.53. The highest BCUT2D eigenvalue weighted by atomic mass is 19.3. The maximum atomic E-state index is 12.4. The molecule has 0 fully saturated rings. The fraction of sp³-hybridized carbons (Fsp3) is 0.211. The molecule has 3 amide bonds. The molecule has 2 aromatic rings. The summed E-state index contributed by atoms with van der Waals surface area (Å²) in [4.78, 5) is 39.3. The standard InChI is InChI=1S/C19H16F2N2O4/c1-22(10-12-6-8-13(9-7-12)27-19(20)21)16(24)11-23-17(25)14-4-2-3-5-15(14)18(23)26/h2-9,19H,10-11H2,1H3. The first-order valence-electron chi connectivity index (χ1n) is 8.09. The Morgan fingerprint density at radius 3 is 2.11 bits per heavy atom. The molecule has 3 rings (SSSR count).